The maximum atomic E-state index is 5.43. The Morgan fingerprint density at radius 1 is 1.58 bits per heavy atom. The van der Waals surface area contributed by atoms with Crippen molar-refractivity contribution in [2.75, 3.05) is 6.61 Å². The van der Waals surface area contributed by atoms with E-state index < -0.39 is 0 Å². The zero-order valence-corrected chi connectivity index (χ0v) is 7.29. The lowest BCUT2D eigenvalue weighted by atomic mass is 10.3. The van der Waals surface area contributed by atoms with Crippen LogP contribution in [0.1, 0.15) is 13.3 Å². The first kappa shape index (κ1) is 8.85. The molecule has 0 N–H and O–H groups in total. The second-order valence-corrected chi connectivity index (χ2v) is 2.45. The van der Waals surface area contributed by atoms with Crippen LogP contribution in [0.3, 0.4) is 0 Å². The minimum Gasteiger partial charge on any atom is -0.493 e. The van der Waals surface area contributed by atoms with Gasteiger partial charge in [0.1, 0.15) is 5.75 Å². The molecule has 0 aliphatic rings. The monoisotopic (exact) mass is 161 g/mol. The Kier molecular flexibility index (Phi) is 4.00. The van der Waals surface area contributed by atoms with Crippen LogP contribution in [-0.2, 0) is 0 Å². The normalized spacial score (nSPS) is 10.4. The Morgan fingerprint density at radius 2 is 2.50 bits per heavy atom. The van der Waals surface area contributed by atoms with Gasteiger partial charge in [-0.3, -0.25) is 0 Å². The molecule has 0 amide bonds. The van der Waals surface area contributed by atoms with Crippen molar-refractivity contribution in [2.24, 2.45) is 0 Å². The average molecular weight is 161 g/mol. The fourth-order valence-corrected chi connectivity index (χ4v) is 0.878. The summed E-state index contributed by atoms with van der Waals surface area (Å²) < 4.78 is 5.43. The third-order valence-corrected chi connectivity index (χ3v) is 1.47. The minimum absolute atomic E-state index is 0.738. The third kappa shape index (κ3) is 3.24. The Morgan fingerprint density at radius 3 is 3.17 bits per heavy atom. The molecular formula is C11H13O. The third-order valence-electron chi connectivity index (χ3n) is 1.47. The van der Waals surface area contributed by atoms with Crippen molar-refractivity contribution in [1.82, 2.24) is 0 Å². The molecule has 0 bridgehead atoms. The Labute approximate surface area is 73.7 Å². The van der Waals surface area contributed by atoms with Gasteiger partial charge in [0, 0.05) is 0 Å². The van der Waals surface area contributed by atoms with E-state index in [0.717, 1.165) is 18.8 Å². The van der Waals surface area contributed by atoms with E-state index in [4.69, 9.17) is 4.74 Å². The first-order chi connectivity index (χ1) is 5.93. The SMILES string of the molecule is C/C=C/CCOc1c[c]ccc1. The van der Waals surface area contributed by atoms with Gasteiger partial charge in [-0.25, -0.2) is 0 Å². The van der Waals surface area contributed by atoms with Crippen molar-refractivity contribution in [2.45, 2.75) is 13.3 Å². The van der Waals surface area contributed by atoms with Gasteiger partial charge in [-0.2, -0.15) is 0 Å². The van der Waals surface area contributed by atoms with Crippen LogP contribution in [0.4, 0.5) is 0 Å². The van der Waals surface area contributed by atoms with Crippen molar-refractivity contribution >= 4 is 0 Å². The van der Waals surface area contributed by atoms with E-state index in [2.05, 4.69) is 12.1 Å². The van der Waals surface area contributed by atoms with Crippen molar-refractivity contribution in [3.63, 3.8) is 0 Å². The van der Waals surface area contributed by atoms with E-state index in [1.165, 1.54) is 0 Å². The fraction of sp³-hybridized carbons (Fsp3) is 0.273. The molecule has 0 heterocycles. The van der Waals surface area contributed by atoms with Crippen LogP contribution in [0.2, 0.25) is 0 Å². The molecular weight excluding hydrogens is 148 g/mol. The van der Waals surface area contributed by atoms with Crippen molar-refractivity contribution in [3.05, 3.63) is 42.5 Å². The number of hydrogen-bond donors (Lipinski definition) is 0. The van der Waals surface area contributed by atoms with Gasteiger partial charge in [0.05, 0.1) is 6.61 Å². The van der Waals surface area contributed by atoms with Crippen molar-refractivity contribution in [1.29, 1.82) is 0 Å². The van der Waals surface area contributed by atoms with E-state index in [1.807, 2.05) is 37.3 Å². The summed E-state index contributed by atoms with van der Waals surface area (Å²) in [6.45, 7) is 2.75. The van der Waals surface area contributed by atoms with Crippen LogP contribution in [0.25, 0.3) is 0 Å². The van der Waals surface area contributed by atoms with Gasteiger partial charge in [-0.1, -0.05) is 24.3 Å². The maximum Gasteiger partial charge on any atom is 0.119 e. The predicted molar refractivity (Wildman–Crippen MR) is 50.2 cm³/mol. The number of hydrogen-bond acceptors (Lipinski definition) is 1. The first-order valence-electron chi connectivity index (χ1n) is 4.13. The van der Waals surface area contributed by atoms with Gasteiger partial charge >= 0.3 is 0 Å². The summed E-state index contributed by atoms with van der Waals surface area (Å²) >= 11 is 0. The summed E-state index contributed by atoms with van der Waals surface area (Å²) in [5.74, 6) is 0.891. The van der Waals surface area contributed by atoms with Gasteiger partial charge in [0.2, 0.25) is 0 Å². The molecule has 1 radical (unpaired) electrons. The number of rotatable bonds is 4. The smallest absolute Gasteiger partial charge is 0.119 e. The van der Waals surface area contributed by atoms with Gasteiger partial charge < -0.3 is 4.74 Å². The van der Waals surface area contributed by atoms with Crippen molar-refractivity contribution in [3.8, 4) is 5.75 Å². The molecule has 1 aromatic rings. The first-order valence-corrected chi connectivity index (χ1v) is 4.13. The van der Waals surface area contributed by atoms with E-state index in [0.29, 0.717) is 0 Å². The molecule has 0 fully saturated rings. The molecule has 0 saturated carbocycles. The van der Waals surface area contributed by atoms with Crippen molar-refractivity contribution < 1.29 is 4.74 Å². The molecule has 1 heteroatoms. The molecule has 0 unspecified atom stereocenters. The molecule has 0 atom stereocenters. The molecule has 0 aromatic heterocycles. The quantitative estimate of drug-likeness (QED) is 0.487. The Hall–Kier alpha value is -1.24. The number of allylic oxidation sites excluding steroid dienone is 1. The van der Waals surface area contributed by atoms with E-state index in [-0.39, 0.29) is 0 Å². The standard InChI is InChI=1S/C11H13O/c1-2-3-7-10-12-11-8-5-4-6-9-11/h2-5,8-9H,7,10H2,1H3/b3-2+. The van der Waals surface area contributed by atoms with Crippen LogP contribution in [0, 0.1) is 6.07 Å². The number of ether oxygens (including phenoxy) is 1. The Bertz CT molecular complexity index is 226. The second-order valence-electron chi connectivity index (χ2n) is 2.45. The summed E-state index contributed by atoms with van der Waals surface area (Å²) in [7, 11) is 0. The highest BCUT2D eigenvalue weighted by molar-refractivity contribution is 5.19. The van der Waals surface area contributed by atoms with E-state index in [9.17, 15) is 0 Å². The lowest BCUT2D eigenvalue weighted by Gasteiger charge is -2.02. The molecule has 0 aliphatic carbocycles. The zero-order valence-electron chi connectivity index (χ0n) is 7.29. The van der Waals surface area contributed by atoms with Crippen LogP contribution in [-0.4, -0.2) is 6.61 Å². The van der Waals surface area contributed by atoms with Gasteiger partial charge in [-0.05, 0) is 31.5 Å². The summed E-state index contributed by atoms with van der Waals surface area (Å²) in [4.78, 5) is 0. The van der Waals surface area contributed by atoms with Crippen LogP contribution >= 0.6 is 0 Å². The van der Waals surface area contributed by atoms with Crippen LogP contribution in [0.5, 0.6) is 5.75 Å². The lowest BCUT2D eigenvalue weighted by molar-refractivity contribution is 0.325. The molecule has 0 aliphatic heterocycles. The molecule has 0 saturated heterocycles. The Balaban J connectivity index is 2.24. The zero-order chi connectivity index (χ0) is 8.65. The van der Waals surface area contributed by atoms with Gasteiger partial charge in [-0.15, -0.1) is 0 Å². The molecule has 1 rings (SSSR count). The summed E-state index contributed by atoms with van der Waals surface area (Å²) in [5.41, 5.74) is 0. The predicted octanol–water partition coefficient (Wildman–Crippen LogP) is 2.83. The summed E-state index contributed by atoms with van der Waals surface area (Å²) in [6.07, 6.45) is 5.08. The molecule has 0 spiro atoms. The topological polar surface area (TPSA) is 9.23 Å². The summed E-state index contributed by atoms with van der Waals surface area (Å²) in [5, 5.41) is 0. The average Bonchev–Trinajstić information content (AvgIpc) is 2.14. The van der Waals surface area contributed by atoms with E-state index in [1.54, 1.807) is 0 Å². The maximum absolute atomic E-state index is 5.43. The minimum atomic E-state index is 0.738. The highest BCUT2D eigenvalue weighted by atomic mass is 16.5. The second kappa shape index (κ2) is 5.42. The highest BCUT2D eigenvalue weighted by Crippen LogP contribution is 2.07. The fourth-order valence-electron chi connectivity index (χ4n) is 0.878. The lowest BCUT2D eigenvalue weighted by Crippen LogP contribution is -1.94. The van der Waals surface area contributed by atoms with Crippen LogP contribution < -0.4 is 4.74 Å². The molecule has 1 aromatic carbocycles. The highest BCUT2D eigenvalue weighted by Gasteiger charge is 1.87. The van der Waals surface area contributed by atoms with E-state index >= 15 is 0 Å². The van der Waals surface area contributed by atoms with Gasteiger partial charge in [0.15, 0.2) is 0 Å². The molecule has 12 heavy (non-hydrogen) atoms. The summed E-state index contributed by atoms with van der Waals surface area (Å²) in [6, 6.07) is 10.5. The number of benzene rings is 1. The largest absolute Gasteiger partial charge is 0.493 e. The molecule has 63 valence electrons. The molecule has 1 nitrogen and oxygen atoms in total. The van der Waals surface area contributed by atoms with Gasteiger partial charge in [0.25, 0.3) is 0 Å². The van der Waals surface area contributed by atoms with Crippen LogP contribution in [0.15, 0.2) is 36.4 Å².